The van der Waals surface area contributed by atoms with Gasteiger partial charge in [-0.1, -0.05) is 74.5 Å². The summed E-state index contributed by atoms with van der Waals surface area (Å²) in [6.07, 6.45) is 1.14. The summed E-state index contributed by atoms with van der Waals surface area (Å²) in [5.41, 5.74) is 1.67. The predicted octanol–water partition coefficient (Wildman–Crippen LogP) is 3.43. The van der Waals surface area contributed by atoms with Gasteiger partial charge in [0.15, 0.2) is 6.04 Å². The first-order valence-corrected chi connectivity index (χ1v) is 12.5. The molecular formula is C28H35N3O6. The Morgan fingerprint density at radius 2 is 1.57 bits per heavy atom. The number of esters is 1. The van der Waals surface area contributed by atoms with Crippen LogP contribution in [0.3, 0.4) is 0 Å². The third kappa shape index (κ3) is 7.63. The second kappa shape index (κ2) is 13.0. The van der Waals surface area contributed by atoms with Crippen LogP contribution in [-0.2, 0) is 32.3 Å². The van der Waals surface area contributed by atoms with Gasteiger partial charge < -0.3 is 14.7 Å². The van der Waals surface area contributed by atoms with E-state index >= 15 is 0 Å². The van der Waals surface area contributed by atoms with Crippen molar-refractivity contribution in [2.24, 2.45) is 5.92 Å². The number of nitrogens with one attached hydrogen (secondary N) is 1. The largest absolute Gasteiger partial charge is 0.480 e. The van der Waals surface area contributed by atoms with Crippen LogP contribution in [0, 0.1) is 5.92 Å². The molecule has 9 nitrogen and oxygen atoms in total. The van der Waals surface area contributed by atoms with Gasteiger partial charge in [-0.15, -0.1) is 0 Å². The maximum atomic E-state index is 13.3. The summed E-state index contributed by atoms with van der Waals surface area (Å²) >= 11 is 0. The molecule has 2 aromatic carbocycles. The number of urea groups is 1. The summed E-state index contributed by atoms with van der Waals surface area (Å²) in [4.78, 5) is 53.5. The average molecular weight is 510 g/mol. The molecule has 3 amide bonds. The molecule has 1 aliphatic heterocycles. The number of amides is 3. The first-order valence-electron chi connectivity index (χ1n) is 12.5. The zero-order valence-corrected chi connectivity index (χ0v) is 21.5. The topological polar surface area (TPSA) is 116 Å². The van der Waals surface area contributed by atoms with Crippen LogP contribution in [-0.4, -0.2) is 63.5 Å². The molecule has 1 heterocycles. The molecule has 0 bridgehead atoms. The van der Waals surface area contributed by atoms with Gasteiger partial charge in [-0.25, -0.2) is 14.5 Å². The zero-order valence-electron chi connectivity index (χ0n) is 21.5. The first-order chi connectivity index (χ1) is 17.7. The standard InChI is InChI=1S/C28H35N3O6/c1-19(2)14-15-23(27(35)37-18-22-12-8-5-9-13-22)29-20(3)25(32)31-24(26(33)34)17-30(28(31)36)16-21-10-6-4-7-11-21/h4-13,19-20,23-24,29H,14-18H2,1-3H3,(H,33,34)/t20-,23-,24-/m0/s1. The number of carboxylic acid groups (broad SMARTS) is 1. The van der Waals surface area contributed by atoms with Gasteiger partial charge >= 0.3 is 18.0 Å². The molecule has 1 aliphatic rings. The van der Waals surface area contributed by atoms with Crippen LogP contribution in [0.1, 0.15) is 44.7 Å². The molecular weight excluding hydrogens is 474 g/mol. The molecule has 1 fully saturated rings. The molecule has 198 valence electrons. The maximum absolute atomic E-state index is 13.3. The number of hydrogen-bond acceptors (Lipinski definition) is 6. The minimum Gasteiger partial charge on any atom is -0.480 e. The normalized spacial score (nSPS) is 17.1. The van der Waals surface area contributed by atoms with E-state index in [2.05, 4.69) is 5.32 Å². The van der Waals surface area contributed by atoms with E-state index in [0.717, 1.165) is 16.0 Å². The molecule has 37 heavy (non-hydrogen) atoms. The van der Waals surface area contributed by atoms with E-state index in [4.69, 9.17) is 4.74 Å². The molecule has 0 saturated carbocycles. The Labute approximate surface area is 217 Å². The van der Waals surface area contributed by atoms with E-state index < -0.39 is 42.0 Å². The lowest BCUT2D eigenvalue weighted by Crippen LogP contribution is -2.54. The van der Waals surface area contributed by atoms with Crippen LogP contribution in [0.15, 0.2) is 60.7 Å². The minimum absolute atomic E-state index is 0.0992. The molecule has 0 aromatic heterocycles. The predicted molar refractivity (Wildman–Crippen MR) is 137 cm³/mol. The molecule has 3 atom stereocenters. The van der Waals surface area contributed by atoms with Crippen molar-refractivity contribution in [2.45, 2.75) is 64.9 Å². The fourth-order valence-corrected chi connectivity index (χ4v) is 4.21. The number of carbonyl (C=O) groups is 4. The Balaban J connectivity index is 1.70. The lowest BCUT2D eigenvalue weighted by Gasteiger charge is -2.26. The Morgan fingerprint density at radius 1 is 0.973 bits per heavy atom. The van der Waals surface area contributed by atoms with Gasteiger partial charge in [0.25, 0.3) is 0 Å². The van der Waals surface area contributed by atoms with Gasteiger partial charge in [0.05, 0.1) is 12.6 Å². The van der Waals surface area contributed by atoms with Crippen LogP contribution >= 0.6 is 0 Å². The fraction of sp³-hybridized carbons (Fsp3) is 0.429. The van der Waals surface area contributed by atoms with Crippen molar-refractivity contribution in [2.75, 3.05) is 6.54 Å². The lowest BCUT2D eigenvalue weighted by atomic mass is 10.0. The van der Waals surface area contributed by atoms with E-state index in [1.165, 1.54) is 11.8 Å². The summed E-state index contributed by atoms with van der Waals surface area (Å²) in [5, 5.41) is 12.7. The zero-order chi connectivity index (χ0) is 26.9. The summed E-state index contributed by atoms with van der Waals surface area (Å²) in [6.45, 7) is 5.77. The van der Waals surface area contributed by atoms with E-state index in [9.17, 15) is 24.3 Å². The summed E-state index contributed by atoms with van der Waals surface area (Å²) < 4.78 is 5.50. The molecule has 0 unspecified atom stereocenters. The van der Waals surface area contributed by atoms with E-state index in [0.29, 0.717) is 18.8 Å². The van der Waals surface area contributed by atoms with Crippen LogP contribution in [0.4, 0.5) is 4.79 Å². The monoisotopic (exact) mass is 509 g/mol. The molecule has 9 heteroatoms. The van der Waals surface area contributed by atoms with Gasteiger partial charge in [0.2, 0.25) is 5.91 Å². The summed E-state index contributed by atoms with van der Waals surface area (Å²) in [6, 6.07) is 14.7. The fourth-order valence-electron chi connectivity index (χ4n) is 4.21. The molecule has 0 radical (unpaired) electrons. The Kier molecular flexibility index (Phi) is 9.79. The number of benzene rings is 2. The number of nitrogens with zero attached hydrogens (tertiary/aromatic N) is 2. The number of rotatable bonds is 12. The van der Waals surface area contributed by atoms with Gasteiger partial charge in [0.1, 0.15) is 12.6 Å². The molecule has 2 aromatic rings. The smallest absolute Gasteiger partial charge is 0.328 e. The number of hydrogen-bond donors (Lipinski definition) is 2. The summed E-state index contributed by atoms with van der Waals surface area (Å²) in [7, 11) is 0. The van der Waals surface area contributed by atoms with Gasteiger partial charge in [0, 0.05) is 6.54 Å². The molecule has 3 rings (SSSR count). The van der Waals surface area contributed by atoms with Crippen LogP contribution in [0.25, 0.3) is 0 Å². The lowest BCUT2D eigenvalue weighted by molar-refractivity contribution is -0.149. The van der Waals surface area contributed by atoms with Crippen LogP contribution in [0.2, 0.25) is 0 Å². The Morgan fingerprint density at radius 3 is 2.14 bits per heavy atom. The highest BCUT2D eigenvalue weighted by atomic mass is 16.5. The van der Waals surface area contributed by atoms with Crippen LogP contribution < -0.4 is 5.32 Å². The van der Waals surface area contributed by atoms with Crippen molar-refractivity contribution in [3.05, 3.63) is 71.8 Å². The van der Waals surface area contributed by atoms with Crippen molar-refractivity contribution in [3.8, 4) is 0 Å². The van der Waals surface area contributed by atoms with Crippen molar-refractivity contribution in [1.29, 1.82) is 0 Å². The molecule has 2 N–H and O–H groups in total. The second-order valence-electron chi connectivity index (χ2n) is 9.72. The van der Waals surface area contributed by atoms with Gasteiger partial charge in [-0.05, 0) is 36.8 Å². The highest BCUT2D eigenvalue weighted by Crippen LogP contribution is 2.21. The third-order valence-electron chi connectivity index (χ3n) is 6.28. The SMILES string of the molecule is CC(C)CC[C@H](N[C@@H](C)C(=O)N1C(=O)N(Cc2ccccc2)C[C@H]1C(=O)O)C(=O)OCc1ccccc1. The van der Waals surface area contributed by atoms with Crippen molar-refractivity contribution >= 4 is 23.9 Å². The highest BCUT2D eigenvalue weighted by Gasteiger charge is 2.46. The van der Waals surface area contributed by atoms with Crippen molar-refractivity contribution in [3.63, 3.8) is 0 Å². The Hall–Kier alpha value is -3.72. The van der Waals surface area contributed by atoms with Crippen molar-refractivity contribution < 1.29 is 29.0 Å². The number of carboxylic acids is 1. The second-order valence-corrected chi connectivity index (χ2v) is 9.72. The van der Waals surface area contributed by atoms with Crippen LogP contribution in [0.5, 0.6) is 0 Å². The molecule has 0 spiro atoms. The van der Waals surface area contributed by atoms with E-state index in [1.54, 1.807) is 0 Å². The maximum Gasteiger partial charge on any atom is 0.328 e. The highest BCUT2D eigenvalue weighted by molar-refractivity contribution is 6.02. The van der Waals surface area contributed by atoms with Gasteiger partial charge in [-0.3, -0.25) is 14.9 Å². The summed E-state index contributed by atoms with van der Waals surface area (Å²) in [5.74, 6) is -2.14. The molecule has 0 aliphatic carbocycles. The average Bonchev–Trinajstić information content (AvgIpc) is 3.21. The molecule has 1 saturated heterocycles. The third-order valence-corrected chi connectivity index (χ3v) is 6.28. The number of aliphatic carboxylic acids is 1. The quantitative estimate of drug-likeness (QED) is 0.421. The number of imide groups is 1. The van der Waals surface area contributed by atoms with E-state index in [1.807, 2.05) is 74.5 Å². The number of carbonyl (C=O) groups excluding carboxylic acids is 3. The Bertz CT molecular complexity index is 1080. The van der Waals surface area contributed by atoms with Crippen molar-refractivity contribution in [1.82, 2.24) is 15.1 Å². The number of ether oxygens (including phenoxy) is 1. The first kappa shape index (κ1) is 27.9. The van der Waals surface area contributed by atoms with E-state index in [-0.39, 0.29) is 19.7 Å². The van der Waals surface area contributed by atoms with Gasteiger partial charge in [-0.2, -0.15) is 0 Å². The minimum atomic E-state index is -1.31.